The zero-order valence-electron chi connectivity index (χ0n) is 18.5. The van der Waals surface area contributed by atoms with Gasteiger partial charge in [-0.15, -0.1) is 0 Å². The first kappa shape index (κ1) is 26.8. The fraction of sp³-hybridized carbons (Fsp3) is 0.136. The number of halogens is 2. The third kappa shape index (κ3) is 7.10. The Hall–Kier alpha value is -2.80. The van der Waals surface area contributed by atoms with Crippen LogP contribution in [0.1, 0.15) is 0 Å². The first-order valence-electron chi connectivity index (χ1n) is 9.88. The average molecular weight is 603 g/mol. The molecule has 0 aliphatic rings. The number of rotatable bonds is 9. The lowest BCUT2D eigenvalue weighted by Crippen LogP contribution is -2.37. The average Bonchev–Trinajstić information content (AvgIpc) is 2.78. The lowest BCUT2D eigenvalue weighted by Gasteiger charge is -2.22. The fourth-order valence-electron chi connectivity index (χ4n) is 2.99. The Kier molecular flexibility index (Phi) is 8.31. The topological polar surface area (TPSA) is 122 Å². The molecule has 3 aromatic rings. The van der Waals surface area contributed by atoms with Gasteiger partial charge in [0.1, 0.15) is 12.3 Å². The summed E-state index contributed by atoms with van der Waals surface area (Å²) in [7, 11) is -6.24. The van der Waals surface area contributed by atoms with Gasteiger partial charge < -0.3 is 10.1 Å². The molecule has 3 aromatic carbocycles. The van der Waals surface area contributed by atoms with Gasteiger partial charge in [0.15, 0.2) is 0 Å². The SMILES string of the molecule is COc1ccc(N(CC(=O)Nc2ccc(S(=O)(=O)Nc3ccc(Br)cc3)cc2)S(C)(=O)=O)cc1Cl. The van der Waals surface area contributed by atoms with E-state index in [1.54, 1.807) is 24.3 Å². The number of sulfonamides is 2. The predicted molar refractivity (Wildman–Crippen MR) is 140 cm³/mol. The maximum absolute atomic E-state index is 12.6. The third-order valence-electron chi connectivity index (χ3n) is 4.66. The Balaban J connectivity index is 1.72. The van der Waals surface area contributed by atoms with Crippen LogP contribution >= 0.6 is 27.5 Å². The van der Waals surface area contributed by atoms with Crippen molar-refractivity contribution in [1.82, 2.24) is 0 Å². The largest absolute Gasteiger partial charge is 0.495 e. The summed E-state index contributed by atoms with van der Waals surface area (Å²) in [6.45, 7) is -0.521. The second kappa shape index (κ2) is 10.9. The Labute approximate surface area is 217 Å². The lowest BCUT2D eigenvalue weighted by molar-refractivity contribution is -0.114. The second-order valence-corrected chi connectivity index (χ2v) is 12.2. The highest BCUT2D eigenvalue weighted by molar-refractivity contribution is 9.10. The van der Waals surface area contributed by atoms with E-state index in [4.69, 9.17) is 16.3 Å². The number of nitrogens with one attached hydrogen (secondary N) is 2. The molecule has 0 bridgehead atoms. The van der Waals surface area contributed by atoms with Gasteiger partial charge in [-0.1, -0.05) is 27.5 Å². The number of nitrogens with zero attached hydrogens (tertiary/aromatic N) is 1. The van der Waals surface area contributed by atoms with Crippen LogP contribution in [0.15, 0.2) is 76.1 Å². The monoisotopic (exact) mass is 601 g/mol. The van der Waals surface area contributed by atoms with Crippen molar-refractivity contribution in [1.29, 1.82) is 0 Å². The fourth-order valence-corrected chi connectivity index (χ4v) is 5.41. The van der Waals surface area contributed by atoms with E-state index in [0.29, 0.717) is 17.1 Å². The Morgan fingerprint density at radius 2 is 1.57 bits per heavy atom. The number of ether oxygens (including phenoxy) is 1. The highest BCUT2D eigenvalue weighted by atomic mass is 79.9. The van der Waals surface area contributed by atoms with Crippen LogP contribution in [0.4, 0.5) is 17.1 Å². The summed E-state index contributed by atoms with van der Waals surface area (Å²) < 4.78 is 59.1. The minimum atomic E-state index is -3.84. The zero-order chi connectivity index (χ0) is 25.8. The second-order valence-electron chi connectivity index (χ2n) is 7.27. The van der Waals surface area contributed by atoms with E-state index in [9.17, 15) is 21.6 Å². The summed E-state index contributed by atoms with van der Waals surface area (Å²) in [5.74, 6) is -0.274. The van der Waals surface area contributed by atoms with Gasteiger partial charge in [-0.3, -0.25) is 13.8 Å². The molecule has 3 rings (SSSR count). The number of benzene rings is 3. The van der Waals surface area contributed by atoms with Crippen LogP contribution in [-0.2, 0) is 24.8 Å². The molecule has 1 amide bonds. The number of amides is 1. The van der Waals surface area contributed by atoms with E-state index < -0.39 is 32.5 Å². The highest BCUT2D eigenvalue weighted by Gasteiger charge is 2.22. The van der Waals surface area contributed by atoms with E-state index >= 15 is 0 Å². The molecule has 0 aliphatic heterocycles. The molecule has 2 N–H and O–H groups in total. The maximum atomic E-state index is 12.6. The van der Waals surface area contributed by atoms with Crippen molar-refractivity contribution < 1.29 is 26.4 Å². The summed E-state index contributed by atoms with van der Waals surface area (Å²) in [4.78, 5) is 12.6. The molecule has 0 aliphatic carbocycles. The molecule has 35 heavy (non-hydrogen) atoms. The molecule has 0 spiro atoms. The molecule has 0 radical (unpaired) electrons. The van der Waals surface area contributed by atoms with Gasteiger partial charge >= 0.3 is 0 Å². The number of hydrogen-bond donors (Lipinski definition) is 2. The first-order valence-corrected chi connectivity index (χ1v) is 14.4. The molecule has 0 saturated carbocycles. The highest BCUT2D eigenvalue weighted by Crippen LogP contribution is 2.30. The normalized spacial score (nSPS) is 11.5. The molecule has 0 aromatic heterocycles. The molecule has 0 unspecified atom stereocenters. The van der Waals surface area contributed by atoms with Crippen molar-refractivity contribution in [3.8, 4) is 5.75 Å². The minimum absolute atomic E-state index is 0.0101. The molecule has 186 valence electrons. The van der Waals surface area contributed by atoms with Gasteiger partial charge in [-0.2, -0.15) is 0 Å². The van der Waals surface area contributed by atoms with Crippen molar-refractivity contribution in [2.24, 2.45) is 0 Å². The van der Waals surface area contributed by atoms with E-state index in [-0.39, 0.29) is 15.6 Å². The number of anilines is 3. The van der Waals surface area contributed by atoms with Crippen LogP contribution in [-0.4, -0.2) is 42.7 Å². The number of carbonyl (C=O) groups is 1. The van der Waals surface area contributed by atoms with Crippen molar-refractivity contribution in [2.75, 3.05) is 34.3 Å². The minimum Gasteiger partial charge on any atom is -0.495 e. The van der Waals surface area contributed by atoms with E-state index in [0.717, 1.165) is 15.0 Å². The van der Waals surface area contributed by atoms with Gasteiger partial charge in [-0.25, -0.2) is 16.8 Å². The van der Waals surface area contributed by atoms with Gasteiger partial charge in [0.25, 0.3) is 10.0 Å². The van der Waals surface area contributed by atoms with Gasteiger partial charge in [0, 0.05) is 15.8 Å². The van der Waals surface area contributed by atoms with Gasteiger partial charge in [0.2, 0.25) is 15.9 Å². The predicted octanol–water partition coefficient (Wildman–Crippen LogP) is 4.32. The van der Waals surface area contributed by atoms with Gasteiger partial charge in [-0.05, 0) is 66.7 Å². The zero-order valence-corrected chi connectivity index (χ0v) is 22.5. The van der Waals surface area contributed by atoms with Crippen LogP contribution in [0, 0.1) is 0 Å². The lowest BCUT2D eigenvalue weighted by atomic mass is 10.3. The van der Waals surface area contributed by atoms with Crippen molar-refractivity contribution in [3.05, 3.63) is 76.2 Å². The van der Waals surface area contributed by atoms with Crippen molar-refractivity contribution >= 4 is 70.5 Å². The standard InChI is InChI=1S/C22H21BrClN3O6S2/c1-33-21-12-9-18(13-20(21)24)27(34(2,29)30)14-22(28)25-16-7-10-19(11-8-16)35(31,32)26-17-5-3-15(23)4-6-17/h3-13,26H,14H2,1-2H3,(H,25,28). The quantitative estimate of drug-likeness (QED) is 0.376. The van der Waals surface area contributed by atoms with Crippen LogP contribution in [0.25, 0.3) is 0 Å². The smallest absolute Gasteiger partial charge is 0.261 e. The third-order valence-corrected chi connectivity index (χ3v) is 8.02. The van der Waals surface area contributed by atoms with E-state index in [1.807, 2.05) is 0 Å². The molecule has 0 heterocycles. The van der Waals surface area contributed by atoms with E-state index in [2.05, 4.69) is 26.0 Å². The molecule has 0 saturated heterocycles. The summed E-state index contributed by atoms with van der Waals surface area (Å²) in [6.07, 6.45) is 0.969. The number of carbonyl (C=O) groups excluding carboxylic acids is 1. The molecule has 13 heteroatoms. The number of methoxy groups -OCH3 is 1. The van der Waals surface area contributed by atoms with Crippen LogP contribution in [0.2, 0.25) is 5.02 Å². The molecular formula is C22H21BrClN3O6S2. The summed E-state index contributed by atoms with van der Waals surface area (Å²) in [5.41, 5.74) is 0.873. The summed E-state index contributed by atoms with van der Waals surface area (Å²) in [6, 6.07) is 16.4. The summed E-state index contributed by atoms with van der Waals surface area (Å²) >= 11 is 9.38. The van der Waals surface area contributed by atoms with Crippen LogP contribution in [0.5, 0.6) is 5.75 Å². The van der Waals surface area contributed by atoms with Crippen LogP contribution < -0.4 is 19.1 Å². The number of hydrogen-bond acceptors (Lipinski definition) is 6. The Morgan fingerprint density at radius 3 is 2.11 bits per heavy atom. The van der Waals surface area contributed by atoms with Gasteiger partial charge in [0.05, 0.1) is 29.0 Å². The maximum Gasteiger partial charge on any atom is 0.261 e. The Bertz CT molecular complexity index is 1430. The molecule has 0 fully saturated rings. The van der Waals surface area contributed by atoms with Crippen molar-refractivity contribution in [3.63, 3.8) is 0 Å². The Morgan fingerprint density at radius 1 is 0.971 bits per heavy atom. The van der Waals surface area contributed by atoms with Crippen molar-refractivity contribution in [2.45, 2.75) is 4.90 Å². The van der Waals surface area contributed by atoms with E-state index in [1.165, 1.54) is 49.6 Å². The van der Waals surface area contributed by atoms with Crippen LogP contribution in [0.3, 0.4) is 0 Å². The molecular weight excluding hydrogens is 582 g/mol. The molecule has 0 atom stereocenters. The first-order chi connectivity index (χ1) is 16.4. The molecule has 9 nitrogen and oxygen atoms in total. The summed E-state index contributed by atoms with van der Waals surface area (Å²) in [5, 5.41) is 2.75.